The largest absolute Gasteiger partial charge is 0.466 e. The number of carbonyl (C=O) groups excluding carboxylic acids is 1. The van der Waals surface area contributed by atoms with Crippen LogP contribution < -0.4 is 0 Å². The fraction of sp³-hybridized carbons (Fsp3) is 0.900. The molecule has 0 heterocycles. The van der Waals surface area contributed by atoms with Crippen molar-refractivity contribution >= 4 is 5.97 Å². The summed E-state index contributed by atoms with van der Waals surface area (Å²) in [6.45, 7) is 5.04. The molecule has 3 nitrogen and oxygen atoms in total. The SMILES string of the molecule is CCOC(=O)[C@@H]1CC[C@H](OCC)C1. The van der Waals surface area contributed by atoms with Crippen LogP contribution in [0.5, 0.6) is 0 Å². The van der Waals surface area contributed by atoms with E-state index >= 15 is 0 Å². The van der Waals surface area contributed by atoms with Gasteiger partial charge in [0.05, 0.1) is 18.6 Å². The summed E-state index contributed by atoms with van der Waals surface area (Å²) in [6.07, 6.45) is 3.03. The number of hydrogen-bond acceptors (Lipinski definition) is 3. The maximum atomic E-state index is 11.3. The van der Waals surface area contributed by atoms with Gasteiger partial charge in [-0.25, -0.2) is 0 Å². The predicted octanol–water partition coefficient (Wildman–Crippen LogP) is 1.75. The van der Waals surface area contributed by atoms with E-state index in [-0.39, 0.29) is 18.0 Å². The highest BCUT2D eigenvalue weighted by atomic mass is 16.5. The highest BCUT2D eigenvalue weighted by Gasteiger charge is 2.30. The summed E-state index contributed by atoms with van der Waals surface area (Å²) in [5.74, 6) is 0.0289. The molecule has 1 saturated carbocycles. The average Bonchev–Trinajstić information content (AvgIpc) is 2.54. The highest BCUT2D eigenvalue weighted by Crippen LogP contribution is 2.28. The third-order valence-electron chi connectivity index (χ3n) is 2.41. The molecule has 0 radical (unpaired) electrons. The van der Waals surface area contributed by atoms with E-state index < -0.39 is 0 Å². The molecule has 0 amide bonds. The third-order valence-corrected chi connectivity index (χ3v) is 2.41. The van der Waals surface area contributed by atoms with Gasteiger partial charge in [0.1, 0.15) is 0 Å². The standard InChI is InChI=1S/C10H18O3/c1-3-12-9-6-5-8(7-9)10(11)13-4-2/h8-9H,3-7H2,1-2H3/t8-,9+/m1/s1. The first kappa shape index (κ1) is 10.5. The van der Waals surface area contributed by atoms with E-state index in [0.717, 1.165) is 25.9 Å². The lowest BCUT2D eigenvalue weighted by atomic mass is 10.1. The predicted molar refractivity (Wildman–Crippen MR) is 49.4 cm³/mol. The summed E-state index contributed by atoms with van der Waals surface area (Å²) in [7, 11) is 0. The monoisotopic (exact) mass is 186 g/mol. The summed E-state index contributed by atoms with van der Waals surface area (Å²) in [5, 5.41) is 0. The second-order valence-electron chi connectivity index (χ2n) is 3.34. The van der Waals surface area contributed by atoms with Gasteiger partial charge in [-0.3, -0.25) is 4.79 Å². The van der Waals surface area contributed by atoms with Crippen molar-refractivity contribution in [2.24, 2.45) is 5.92 Å². The molecule has 76 valence electrons. The lowest BCUT2D eigenvalue weighted by molar-refractivity contribution is -0.148. The van der Waals surface area contributed by atoms with Crippen molar-refractivity contribution < 1.29 is 14.3 Å². The molecule has 0 bridgehead atoms. The summed E-state index contributed by atoms with van der Waals surface area (Å²) >= 11 is 0. The molecule has 13 heavy (non-hydrogen) atoms. The van der Waals surface area contributed by atoms with E-state index in [1.165, 1.54) is 0 Å². The van der Waals surface area contributed by atoms with Crippen molar-refractivity contribution in [3.8, 4) is 0 Å². The number of esters is 1. The van der Waals surface area contributed by atoms with Gasteiger partial charge in [-0.05, 0) is 33.1 Å². The number of ether oxygens (including phenoxy) is 2. The van der Waals surface area contributed by atoms with Gasteiger partial charge < -0.3 is 9.47 Å². The van der Waals surface area contributed by atoms with Crippen LogP contribution in [0.3, 0.4) is 0 Å². The Hall–Kier alpha value is -0.570. The van der Waals surface area contributed by atoms with Crippen molar-refractivity contribution in [3.05, 3.63) is 0 Å². The normalized spacial score (nSPS) is 27.5. The molecule has 0 saturated heterocycles. The van der Waals surface area contributed by atoms with E-state index in [1.54, 1.807) is 0 Å². The Morgan fingerprint density at radius 1 is 1.31 bits per heavy atom. The Bertz CT molecular complexity index is 168. The Labute approximate surface area is 79.4 Å². The van der Waals surface area contributed by atoms with Crippen molar-refractivity contribution in [3.63, 3.8) is 0 Å². The topological polar surface area (TPSA) is 35.5 Å². The van der Waals surface area contributed by atoms with Gasteiger partial charge in [-0.15, -0.1) is 0 Å². The van der Waals surface area contributed by atoms with E-state index in [2.05, 4.69) is 0 Å². The molecule has 1 aliphatic rings. The van der Waals surface area contributed by atoms with Gasteiger partial charge in [0.2, 0.25) is 0 Å². The summed E-state index contributed by atoms with van der Waals surface area (Å²) < 4.78 is 10.4. The zero-order valence-corrected chi connectivity index (χ0v) is 8.41. The van der Waals surface area contributed by atoms with Crippen LogP contribution in [0.2, 0.25) is 0 Å². The van der Waals surface area contributed by atoms with Crippen LogP contribution in [0.1, 0.15) is 33.1 Å². The van der Waals surface area contributed by atoms with Crippen molar-refractivity contribution in [2.45, 2.75) is 39.2 Å². The van der Waals surface area contributed by atoms with E-state index in [1.807, 2.05) is 13.8 Å². The summed E-state index contributed by atoms with van der Waals surface area (Å²) in [4.78, 5) is 11.3. The van der Waals surface area contributed by atoms with Crippen LogP contribution in [-0.2, 0) is 14.3 Å². The minimum atomic E-state index is -0.0512. The van der Waals surface area contributed by atoms with Gasteiger partial charge in [0.25, 0.3) is 0 Å². The Kier molecular flexibility index (Phi) is 4.22. The molecule has 1 fully saturated rings. The molecular formula is C10H18O3. The van der Waals surface area contributed by atoms with E-state index in [0.29, 0.717) is 6.61 Å². The molecule has 1 rings (SSSR count). The van der Waals surface area contributed by atoms with Gasteiger partial charge >= 0.3 is 5.97 Å². The lowest BCUT2D eigenvalue weighted by Gasteiger charge is -2.10. The quantitative estimate of drug-likeness (QED) is 0.627. The first-order valence-corrected chi connectivity index (χ1v) is 5.06. The summed E-state index contributed by atoms with van der Waals surface area (Å²) in [5.41, 5.74) is 0. The average molecular weight is 186 g/mol. The molecule has 2 atom stereocenters. The van der Waals surface area contributed by atoms with Crippen molar-refractivity contribution in [1.82, 2.24) is 0 Å². The van der Waals surface area contributed by atoms with Crippen LogP contribution in [0.25, 0.3) is 0 Å². The van der Waals surface area contributed by atoms with E-state index in [9.17, 15) is 4.79 Å². The van der Waals surface area contributed by atoms with Gasteiger partial charge in [-0.2, -0.15) is 0 Å². The molecule has 3 heteroatoms. The van der Waals surface area contributed by atoms with Crippen LogP contribution >= 0.6 is 0 Å². The van der Waals surface area contributed by atoms with Crippen LogP contribution in [-0.4, -0.2) is 25.3 Å². The zero-order valence-electron chi connectivity index (χ0n) is 8.41. The second-order valence-corrected chi connectivity index (χ2v) is 3.34. The van der Waals surface area contributed by atoms with Gasteiger partial charge in [0.15, 0.2) is 0 Å². The Morgan fingerprint density at radius 3 is 2.69 bits per heavy atom. The van der Waals surface area contributed by atoms with Crippen LogP contribution in [0.15, 0.2) is 0 Å². The first-order valence-electron chi connectivity index (χ1n) is 5.06. The molecule has 1 aliphatic carbocycles. The molecular weight excluding hydrogens is 168 g/mol. The molecule has 0 aromatic heterocycles. The number of hydrogen-bond donors (Lipinski definition) is 0. The number of carbonyl (C=O) groups is 1. The minimum Gasteiger partial charge on any atom is -0.466 e. The number of rotatable bonds is 4. The molecule has 0 unspecified atom stereocenters. The zero-order chi connectivity index (χ0) is 9.68. The van der Waals surface area contributed by atoms with Crippen LogP contribution in [0, 0.1) is 5.92 Å². The van der Waals surface area contributed by atoms with Crippen molar-refractivity contribution in [2.75, 3.05) is 13.2 Å². The molecule has 0 aromatic rings. The molecule has 0 aromatic carbocycles. The van der Waals surface area contributed by atoms with Crippen LogP contribution in [0.4, 0.5) is 0 Å². The molecule has 0 aliphatic heterocycles. The first-order chi connectivity index (χ1) is 6.27. The highest BCUT2D eigenvalue weighted by molar-refractivity contribution is 5.72. The Morgan fingerprint density at radius 2 is 2.08 bits per heavy atom. The van der Waals surface area contributed by atoms with Crippen molar-refractivity contribution in [1.29, 1.82) is 0 Å². The van der Waals surface area contributed by atoms with E-state index in [4.69, 9.17) is 9.47 Å². The van der Waals surface area contributed by atoms with Gasteiger partial charge in [-0.1, -0.05) is 0 Å². The minimum absolute atomic E-state index is 0.0512. The molecule has 0 N–H and O–H groups in total. The maximum Gasteiger partial charge on any atom is 0.309 e. The Balaban J connectivity index is 2.27. The lowest BCUT2D eigenvalue weighted by Crippen LogP contribution is -2.16. The summed E-state index contributed by atoms with van der Waals surface area (Å²) in [6, 6.07) is 0. The second kappa shape index (κ2) is 5.22. The fourth-order valence-electron chi connectivity index (χ4n) is 1.80. The van der Waals surface area contributed by atoms with Gasteiger partial charge in [0, 0.05) is 6.61 Å². The third kappa shape index (κ3) is 2.99. The molecule has 0 spiro atoms. The maximum absolute atomic E-state index is 11.3. The smallest absolute Gasteiger partial charge is 0.309 e. The fourth-order valence-corrected chi connectivity index (χ4v) is 1.80.